The van der Waals surface area contributed by atoms with E-state index in [9.17, 15) is 0 Å². The SMILES string of the molecule is COc1ccc(/C(N)=N/O)cc1Cn1ccc(C)n1. The van der Waals surface area contributed by atoms with Crippen LogP contribution in [0.2, 0.25) is 0 Å². The highest BCUT2D eigenvalue weighted by molar-refractivity contribution is 5.97. The van der Waals surface area contributed by atoms with Gasteiger partial charge in [-0.05, 0) is 31.2 Å². The molecule has 0 fully saturated rings. The molecule has 0 spiro atoms. The Balaban J connectivity index is 2.36. The van der Waals surface area contributed by atoms with Gasteiger partial charge in [0, 0.05) is 17.3 Å². The zero-order chi connectivity index (χ0) is 13.8. The van der Waals surface area contributed by atoms with Crippen LogP contribution in [0.4, 0.5) is 0 Å². The van der Waals surface area contributed by atoms with Crippen molar-refractivity contribution in [2.75, 3.05) is 7.11 Å². The van der Waals surface area contributed by atoms with Crippen molar-refractivity contribution in [3.8, 4) is 5.75 Å². The van der Waals surface area contributed by atoms with Crippen molar-refractivity contribution < 1.29 is 9.94 Å². The molecular formula is C13H16N4O2. The lowest BCUT2D eigenvalue weighted by Gasteiger charge is -2.10. The second kappa shape index (κ2) is 5.43. The van der Waals surface area contributed by atoms with Gasteiger partial charge in [0.1, 0.15) is 5.75 Å². The minimum atomic E-state index is 0.0700. The molecule has 0 aliphatic rings. The fourth-order valence-corrected chi connectivity index (χ4v) is 1.84. The summed E-state index contributed by atoms with van der Waals surface area (Å²) in [6.07, 6.45) is 1.89. The van der Waals surface area contributed by atoms with Gasteiger partial charge in [-0.1, -0.05) is 5.16 Å². The Hall–Kier alpha value is -2.50. The van der Waals surface area contributed by atoms with Crippen molar-refractivity contribution in [1.29, 1.82) is 0 Å². The molecule has 1 aromatic carbocycles. The zero-order valence-electron chi connectivity index (χ0n) is 10.9. The monoisotopic (exact) mass is 260 g/mol. The van der Waals surface area contributed by atoms with E-state index in [0.717, 1.165) is 17.0 Å². The van der Waals surface area contributed by atoms with E-state index in [1.165, 1.54) is 0 Å². The number of nitrogens with two attached hydrogens (primary N) is 1. The molecule has 1 heterocycles. The summed E-state index contributed by atoms with van der Waals surface area (Å²) < 4.78 is 7.12. The summed E-state index contributed by atoms with van der Waals surface area (Å²) in [7, 11) is 1.61. The number of rotatable bonds is 4. The molecule has 0 unspecified atom stereocenters. The van der Waals surface area contributed by atoms with Crippen LogP contribution in [0.25, 0.3) is 0 Å². The number of benzene rings is 1. The molecule has 0 atom stereocenters. The summed E-state index contributed by atoms with van der Waals surface area (Å²) in [6.45, 7) is 2.49. The normalized spacial score (nSPS) is 11.6. The molecule has 2 rings (SSSR count). The Morgan fingerprint density at radius 1 is 1.47 bits per heavy atom. The number of methoxy groups -OCH3 is 1. The third-order valence-electron chi connectivity index (χ3n) is 2.79. The van der Waals surface area contributed by atoms with E-state index in [2.05, 4.69) is 10.3 Å². The molecule has 3 N–H and O–H groups in total. The summed E-state index contributed by atoms with van der Waals surface area (Å²) in [5, 5.41) is 16.0. The van der Waals surface area contributed by atoms with Crippen molar-refractivity contribution in [3.63, 3.8) is 0 Å². The average molecular weight is 260 g/mol. The minimum Gasteiger partial charge on any atom is -0.496 e. The highest BCUT2D eigenvalue weighted by Gasteiger charge is 2.08. The first kappa shape index (κ1) is 12.9. The average Bonchev–Trinajstić information content (AvgIpc) is 2.83. The molecule has 6 heteroatoms. The van der Waals surface area contributed by atoms with Gasteiger partial charge in [-0.3, -0.25) is 4.68 Å². The molecular weight excluding hydrogens is 244 g/mol. The molecule has 0 saturated heterocycles. The number of amidine groups is 1. The second-order valence-electron chi connectivity index (χ2n) is 4.17. The van der Waals surface area contributed by atoms with Crippen LogP contribution >= 0.6 is 0 Å². The molecule has 0 amide bonds. The maximum absolute atomic E-state index is 8.71. The van der Waals surface area contributed by atoms with Crippen molar-refractivity contribution in [2.24, 2.45) is 10.9 Å². The first-order valence-corrected chi connectivity index (χ1v) is 5.79. The Kier molecular flexibility index (Phi) is 3.70. The molecule has 0 saturated carbocycles. The topological polar surface area (TPSA) is 85.7 Å². The molecule has 0 bridgehead atoms. The maximum Gasteiger partial charge on any atom is 0.170 e. The predicted octanol–water partition coefficient (Wildman–Crippen LogP) is 1.34. The van der Waals surface area contributed by atoms with Gasteiger partial charge in [0.25, 0.3) is 0 Å². The van der Waals surface area contributed by atoms with E-state index in [4.69, 9.17) is 15.7 Å². The molecule has 1 aromatic heterocycles. The lowest BCUT2D eigenvalue weighted by Crippen LogP contribution is -2.14. The van der Waals surface area contributed by atoms with Crippen LogP contribution in [0.15, 0.2) is 35.6 Å². The maximum atomic E-state index is 8.71. The van der Waals surface area contributed by atoms with Crippen molar-refractivity contribution in [1.82, 2.24) is 9.78 Å². The number of nitrogens with zero attached hydrogens (tertiary/aromatic N) is 3. The highest BCUT2D eigenvalue weighted by Crippen LogP contribution is 2.21. The predicted molar refractivity (Wildman–Crippen MR) is 71.6 cm³/mol. The standard InChI is InChI=1S/C13H16N4O2/c1-9-5-6-17(15-9)8-11-7-10(13(14)16-18)3-4-12(11)19-2/h3-7,18H,8H2,1-2H3,(H2,14,16). The highest BCUT2D eigenvalue weighted by atomic mass is 16.5. The molecule has 0 radical (unpaired) electrons. The number of aromatic nitrogens is 2. The second-order valence-corrected chi connectivity index (χ2v) is 4.17. The van der Waals surface area contributed by atoms with E-state index >= 15 is 0 Å². The molecule has 6 nitrogen and oxygen atoms in total. The molecule has 0 aliphatic carbocycles. The van der Waals surface area contributed by atoms with Gasteiger partial charge in [-0.15, -0.1) is 0 Å². The number of oxime groups is 1. The Bertz CT molecular complexity index is 604. The fraction of sp³-hybridized carbons (Fsp3) is 0.231. The summed E-state index contributed by atoms with van der Waals surface area (Å²) in [4.78, 5) is 0. The summed E-state index contributed by atoms with van der Waals surface area (Å²) in [5.41, 5.74) is 8.09. The van der Waals surface area contributed by atoms with Gasteiger partial charge in [0.2, 0.25) is 0 Å². The Morgan fingerprint density at radius 2 is 2.26 bits per heavy atom. The number of aryl methyl sites for hydroxylation is 1. The molecule has 19 heavy (non-hydrogen) atoms. The summed E-state index contributed by atoms with van der Waals surface area (Å²) in [6, 6.07) is 7.29. The van der Waals surface area contributed by atoms with Gasteiger partial charge in [-0.2, -0.15) is 5.10 Å². The number of hydrogen-bond acceptors (Lipinski definition) is 4. The van der Waals surface area contributed by atoms with Crippen LogP contribution in [0.3, 0.4) is 0 Å². The number of ether oxygens (including phenoxy) is 1. The van der Waals surface area contributed by atoms with Gasteiger partial charge < -0.3 is 15.7 Å². The smallest absolute Gasteiger partial charge is 0.170 e. The fourth-order valence-electron chi connectivity index (χ4n) is 1.84. The zero-order valence-corrected chi connectivity index (χ0v) is 10.9. The molecule has 0 aliphatic heterocycles. The van der Waals surface area contributed by atoms with Gasteiger partial charge in [0.15, 0.2) is 5.84 Å². The largest absolute Gasteiger partial charge is 0.496 e. The van der Waals surface area contributed by atoms with Gasteiger partial charge in [-0.25, -0.2) is 0 Å². The van der Waals surface area contributed by atoms with Crippen LogP contribution in [0.1, 0.15) is 16.8 Å². The van der Waals surface area contributed by atoms with E-state index in [1.807, 2.05) is 29.9 Å². The third-order valence-corrected chi connectivity index (χ3v) is 2.79. The van der Waals surface area contributed by atoms with E-state index in [1.54, 1.807) is 19.2 Å². The van der Waals surface area contributed by atoms with Crippen LogP contribution in [-0.2, 0) is 6.54 Å². The Labute approximate surface area is 111 Å². The quantitative estimate of drug-likeness (QED) is 0.376. The van der Waals surface area contributed by atoms with E-state index in [0.29, 0.717) is 12.1 Å². The third kappa shape index (κ3) is 2.85. The summed E-state index contributed by atoms with van der Waals surface area (Å²) >= 11 is 0. The molecule has 2 aromatic rings. The lowest BCUT2D eigenvalue weighted by molar-refractivity contribution is 0.318. The van der Waals surface area contributed by atoms with Gasteiger partial charge in [0.05, 0.1) is 19.3 Å². The summed E-state index contributed by atoms with van der Waals surface area (Å²) in [5.74, 6) is 0.809. The van der Waals surface area contributed by atoms with E-state index < -0.39 is 0 Å². The van der Waals surface area contributed by atoms with Gasteiger partial charge >= 0.3 is 0 Å². The van der Waals surface area contributed by atoms with Crippen LogP contribution in [-0.4, -0.2) is 27.9 Å². The van der Waals surface area contributed by atoms with E-state index in [-0.39, 0.29) is 5.84 Å². The number of hydrogen-bond donors (Lipinski definition) is 2. The van der Waals surface area contributed by atoms with Crippen molar-refractivity contribution in [3.05, 3.63) is 47.3 Å². The van der Waals surface area contributed by atoms with Crippen LogP contribution in [0.5, 0.6) is 5.75 Å². The molecule has 100 valence electrons. The Morgan fingerprint density at radius 3 is 2.84 bits per heavy atom. The first-order valence-electron chi connectivity index (χ1n) is 5.79. The minimum absolute atomic E-state index is 0.0700. The van der Waals surface area contributed by atoms with Crippen LogP contribution < -0.4 is 10.5 Å². The lowest BCUT2D eigenvalue weighted by atomic mass is 10.1. The van der Waals surface area contributed by atoms with Crippen molar-refractivity contribution in [2.45, 2.75) is 13.5 Å². The van der Waals surface area contributed by atoms with Crippen molar-refractivity contribution >= 4 is 5.84 Å². The first-order chi connectivity index (χ1) is 9.13. The van der Waals surface area contributed by atoms with Crippen LogP contribution in [0, 0.1) is 6.92 Å².